The van der Waals surface area contributed by atoms with E-state index in [9.17, 15) is 0 Å². The molecule has 0 amide bonds. The second-order valence-electron chi connectivity index (χ2n) is 4.88. The summed E-state index contributed by atoms with van der Waals surface area (Å²) in [5.74, 6) is 0.884. The summed E-state index contributed by atoms with van der Waals surface area (Å²) < 4.78 is 7.09. The van der Waals surface area contributed by atoms with E-state index in [2.05, 4.69) is 34.7 Å². The van der Waals surface area contributed by atoms with Gasteiger partial charge in [0.15, 0.2) is 0 Å². The highest BCUT2D eigenvalue weighted by atomic mass is 35.5. The Morgan fingerprint density at radius 2 is 2.00 bits per heavy atom. The summed E-state index contributed by atoms with van der Waals surface area (Å²) in [5.41, 5.74) is 3.15. The molecule has 5 heteroatoms. The third-order valence-electron chi connectivity index (χ3n) is 3.24. The molecule has 4 nitrogen and oxygen atoms in total. The molecule has 0 aliphatic carbocycles. The molecule has 0 atom stereocenters. The third-order valence-corrected chi connectivity index (χ3v) is 3.55. The highest BCUT2D eigenvalue weighted by molar-refractivity contribution is 6.31. The van der Waals surface area contributed by atoms with Crippen LogP contribution in [0.15, 0.2) is 53.3 Å². The Hall–Kier alpha value is -2.04. The topological polar surface area (TPSA) is 43.0 Å². The van der Waals surface area contributed by atoms with Gasteiger partial charge in [-0.05, 0) is 17.7 Å². The van der Waals surface area contributed by atoms with Gasteiger partial charge in [-0.15, -0.1) is 0 Å². The number of benzene rings is 1. The second-order valence-corrected chi connectivity index (χ2v) is 5.28. The van der Waals surface area contributed by atoms with Gasteiger partial charge in [-0.1, -0.05) is 35.9 Å². The van der Waals surface area contributed by atoms with E-state index in [1.54, 1.807) is 17.1 Å². The smallest absolute Gasteiger partial charge is 0.133 e. The third kappa shape index (κ3) is 3.35. The molecule has 3 rings (SSSR count). The molecule has 1 N–H and O–H groups in total. The van der Waals surface area contributed by atoms with E-state index in [4.69, 9.17) is 16.0 Å². The number of aryl methyl sites for hydroxylation is 1. The molecule has 0 saturated heterocycles. The van der Waals surface area contributed by atoms with Gasteiger partial charge in [-0.2, -0.15) is 5.10 Å². The minimum Gasteiger partial charge on any atom is -0.464 e. The van der Waals surface area contributed by atoms with Crippen molar-refractivity contribution in [2.75, 3.05) is 0 Å². The summed E-state index contributed by atoms with van der Waals surface area (Å²) in [4.78, 5) is 0. The first-order chi connectivity index (χ1) is 10.2. The van der Waals surface area contributed by atoms with Crippen LogP contribution in [-0.4, -0.2) is 9.78 Å². The van der Waals surface area contributed by atoms with Gasteiger partial charge in [0.1, 0.15) is 5.76 Å². The standard InChI is InChI=1S/C16H16ClN3O/c1-20-11-14(17)15(19-20)10-18-9-12-4-6-13(7-5-12)16-3-2-8-21-16/h2-8,11,18H,9-10H2,1H3. The molecule has 21 heavy (non-hydrogen) atoms. The van der Waals surface area contributed by atoms with Crippen LogP contribution in [0.1, 0.15) is 11.3 Å². The Labute approximate surface area is 128 Å². The van der Waals surface area contributed by atoms with Crippen LogP contribution < -0.4 is 5.32 Å². The van der Waals surface area contributed by atoms with E-state index in [1.165, 1.54) is 5.56 Å². The quantitative estimate of drug-likeness (QED) is 0.782. The number of hydrogen-bond acceptors (Lipinski definition) is 3. The molecule has 0 fully saturated rings. The Bertz CT molecular complexity index is 702. The van der Waals surface area contributed by atoms with Crippen LogP contribution in [0.25, 0.3) is 11.3 Å². The van der Waals surface area contributed by atoms with Crippen LogP contribution in [0, 0.1) is 0 Å². The summed E-state index contributed by atoms with van der Waals surface area (Å²) >= 11 is 6.07. The molecular formula is C16H16ClN3O. The minimum atomic E-state index is 0.652. The molecule has 0 aliphatic heterocycles. The second kappa shape index (κ2) is 6.16. The fraction of sp³-hybridized carbons (Fsp3) is 0.188. The maximum atomic E-state index is 6.07. The van der Waals surface area contributed by atoms with E-state index >= 15 is 0 Å². The molecule has 2 aromatic heterocycles. The van der Waals surface area contributed by atoms with Crippen LogP contribution in [0.4, 0.5) is 0 Å². The number of rotatable bonds is 5. The molecule has 1 aromatic carbocycles. The van der Waals surface area contributed by atoms with Crippen molar-refractivity contribution in [3.63, 3.8) is 0 Å². The Morgan fingerprint density at radius 1 is 1.19 bits per heavy atom. The SMILES string of the molecule is Cn1cc(Cl)c(CNCc2ccc(-c3ccco3)cc2)n1. The van der Waals surface area contributed by atoms with Gasteiger partial charge >= 0.3 is 0 Å². The van der Waals surface area contributed by atoms with Crippen LogP contribution >= 0.6 is 11.6 Å². The molecule has 0 aliphatic rings. The number of nitrogens with one attached hydrogen (secondary N) is 1. The van der Waals surface area contributed by atoms with Crippen molar-refractivity contribution in [2.24, 2.45) is 7.05 Å². The van der Waals surface area contributed by atoms with Gasteiger partial charge in [-0.25, -0.2) is 0 Å². The van der Waals surface area contributed by atoms with E-state index in [0.29, 0.717) is 11.6 Å². The predicted octanol–water partition coefficient (Wildman–Crippen LogP) is 3.62. The molecule has 0 unspecified atom stereocenters. The molecule has 3 aromatic rings. The zero-order chi connectivity index (χ0) is 14.7. The molecule has 0 saturated carbocycles. The van der Waals surface area contributed by atoms with Crippen LogP contribution in [0.5, 0.6) is 0 Å². The fourth-order valence-electron chi connectivity index (χ4n) is 2.18. The lowest BCUT2D eigenvalue weighted by Gasteiger charge is -2.04. The Balaban J connectivity index is 1.57. The average Bonchev–Trinajstić information content (AvgIpc) is 3.10. The largest absolute Gasteiger partial charge is 0.464 e. The number of furan rings is 1. The zero-order valence-electron chi connectivity index (χ0n) is 11.7. The van der Waals surface area contributed by atoms with Gasteiger partial charge < -0.3 is 9.73 Å². The molecule has 0 spiro atoms. The number of hydrogen-bond donors (Lipinski definition) is 1. The molecule has 108 valence electrons. The summed E-state index contributed by atoms with van der Waals surface area (Å²) in [5, 5.41) is 8.33. The minimum absolute atomic E-state index is 0.652. The van der Waals surface area contributed by atoms with E-state index in [-0.39, 0.29) is 0 Å². The number of halogens is 1. The Morgan fingerprint density at radius 3 is 2.62 bits per heavy atom. The maximum absolute atomic E-state index is 6.07. The van der Waals surface area contributed by atoms with E-state index in [0.717, 1.165) is 23.6 Å². The first kappa shape index (κ1) is 13.9. The van der Waals surface area contributed by atoms with Gasteiger partial charge in [0.25, 0.3) is 0 Å². The summed E-state index contributed by atoms with van der Waals surface area (Å²) in [6.07, 6.45) is 3.48. The fourth-order valence-corrected chi connectivity index (χ4v) is 2.43. The number of aromatic nitrogens is 2. The lowest BCUT2D eigenvalue weighted by Crippen LogP contribution is -2.13. The predicted molar refractivity (Wildman–Crippen MR) is 82.9 cm³/mol. The van der Waals surface area contributed by atoms with Crippen molar-refractivity contribution in [3.8, 4) is 11.3 Å². The highest BCUT2D eigenvalue weighted by Crippen LogP contribution is 2.20. The van der Waals surface area contributed by atoms with Crippen molar-refractivity contribution in [1.82, 2.24) is 15.1 Å². The first-order valence-electron chi connectivity index (χ1n) is 6.74. The van der Waals surface area contributed by atoms with Crippen molar-refractivity contribution in [2.45, 2.75) is 13.1 Å². The van der Waals surface area contributed by atoms with Gasteiger partial charge in [-0.3, -0.25) is 4.68 Å². The van der Waals surface area contributed by atoms with Crippen LogP contribution in [-0.2, 0) is 20.1 Å². The van der Waals surface area contributed by atoms with Gasteiger partial charge in [0.2, 0.25) is 0 Å². The highest BCUT2D eigenvalue weighted by Gasteiger charge is 2.05. The van der Waals surface area contributed by atoms with E-state index < -0.39 is 0 Å². The number of nitrogens with zero attached hydrogens (tertiary/aromatic N) is 2. The maximum Gasteiger partial charge on any atom is 0.133 e. The molecular weight excluding hydrogens is 286 g/mol. The van der Waals surface area contributed by atoms with Gasteiger partial charge in [0, 0.05) is 31.9 Å². The van der Waals surface area contributed by atoms with Crippen molar-refractivity contribution in [3.05, 3.63) is 65.1 Å². The first-order valence-corrected chi connectivity index (χ1v) is 7.12. The van der Waals surface area contributed by atoms with Crippen LogP contribution in [0.2, 0.25) is 5.02 Å². The Kier molecular flexibility index (Phi) is 4.08. The summed E-state index contributed by atoms with van der Waals surface area (Å²) in [7, 11) is 1.86. The summed E-state index contributed by atoms with van der Waals surface area (Å²) in [6, 6.07) is 12.1. The van der Waals surface area contributed by atoms with E-state index in [1.807, 2.05) is 19.2 Å². The average molecular weight is 302 g/mol. The van der Waals surface area contributed by atoms with Crippen molar-refractivity contribution < 1.29 is 4.42 Å². The molecule has 0 radical (unpaired) electrons. The lowest BCUT2D eigenvalue weighted by atomic mass is 10.1. The molecule has 2 heterocycles. The normalized spacial score (nSPS) is 11.0. The molecule has 0 bridgehead atoms. The lowest BCUT2D eigenvalue weighted by molar-refractivity contribution is 0.582. The van der Waals surface area contributed by atoms with Crippen molar-refractivity contribution in [1.29, 1.82) is 0 Å². The van der Waals surface area contributed by atoms with Crippen molar-refractivity contribution >= 4 is 11.6 Å². The monoisotopic (exact) mass is 301 g/mol. The zero-order valence-corrected chi connectivity index (χ0v) is 12.5. The van der Waals surface area contributed by atoms with Crippen LogP contribution in [0.3, 0.4) is 0 Å². The van der Waals surface area contributed by atoms with Gasteiger partial charge in [0.05, 0.1) is 17.0 Å². The summed E-state index contributed by atoms with van der Waals surface area (Å²) in [6.45, 7) is 1.42.